The Labute approximate surface area is 152 Å². The van der Waals surface area contributed by atoms with Gasteiger partial charge in [0.1, 0.15) is 0 Å². The summed E-state index contributed by atoms with van der Waals surface area (Å²) < 4.78 is 39.2. The third kappa shape index (κ3) is 4.22. The van der Waals surface area contributed by atoms with E-state index in [1.807, 2.05) is 4.90 Å². The van der Waals surface area contributed by atoms with Crippen molar-refractivity contribution in [2.24, 2.45) is 11.8 Å². The monoisotopic (exact) mass is 369 g/mol. The zero-order valence-electron chi connectivity index (χ0n) is 15.3. The van der Waals surface area contributed by atoms with Crippen LogP contribution in [0.1, 0.15) is 49.3 Å². The second kappa shape index (κ2) is 6.87. The molecular weight excluding hydrogens is 343 g/mol. The summed E-state index contributed by atoms with van der Waals surface area (Å²) >= 11 is 0. The summed E-state index contributed by atoms with van der Waals surface area (Å²) in [5.41, 5.74) is -0.305. The molecule has 2 aliphatic rings. The van der Waals surface area contributed by atoms with E-state index in [9.17, 15) is 23.1 Å². The molecule has 1 amide bonds. The van der Waals surface area contributed by atoms with Crippen molar-refractivity contribution in [3.05, 3.63) is 34.9 Å². The lowest BCUT2D eigenvalue weighted by Gasteiger charge is -2.43. The molecule has 1 aliphatic heterocycles. The molecule has 0 spiro atoms. The third-order valence-electron chi connectivity index (χ3n) is 5.78. The minimum atomic E-state index is -4.32. The first kappa shape index (κ1) is 19.2. The van der Waals surface area contributed by atoms with Crippen LogP contribution < -0.4 is 0 Å². The molecule has 3 nitrogen and oxygen atoms in total. The number of piperidine rings is 1. The molecule has 0 atom stereocenters. The fourth-order valence-corrected chi connectivity index (χ4v) is 4.23. The number of carbonyl (C=O) groups excluding carboxylic acids is 1. The number of aryl methyl sites for hydroxylation is 1. The molecule has 0 aromatic heterocycles. The van der Waals surface area contributed by atoms with Gasteiger partial charge >= 0.3 is 6.18 Å². The van der Waals surface area contributed by atoms with E-state index >= 15 is 0 Å². The zero-order valence-corrected chi connectivity index (χ0v) is 15.3. The molecule has 3 rings (SSSR count). The van der Waals surface area contributed by atoms with Crippen molar-refractivity contribution in [3.8, 4) is 0 Å². The lowest BCUT2D eigenvalue weighted by atomic mass is 9.71. The van der Waals surface area contributed by atoms with E-state index in [0.29, 0.717) is 43.8 Å². The van der Waals surface area contributed by atoms with Crippen LogP contribution in [0.2, 0.25) is 0 Å². The Morgan fingerprint density at radius 1 is 1.27 bits per heavy atom. The van der Waals surface area contributed by atoms with Crippen molar-refractivity contribution in [2.75, 3.05) is 13.1 Å². The number of benzene rings is 1. The maximum atomic E-state index is 13.1. The fraction of sp³-hybridized carbons (Fsp3) is 0.650. The molecule has 1 N–H and O–H groups in total. The largest absolute Gasteiger partial charge is 0.416 e. The predicted octanol–water partition coefficient (Wildman–Crippen LogP) is 3.96. The first-order valence-electron chi connectivity index (χ1n) is 9.23. The van der Waals surface area contributed by atoms with Crippen molar-refractivity contribution in [1.82, 2.24) is 4.90 Å². The Morgan fingerprint density at radius 2 is 1.88 bits per heavy atom. The van der Waals surface area contributed by atoms with Gasteiger partial charge in [-0.05, 0) is 69.1 Å². The van der Waals surface area contributed by atoms with Crippen LogP contribution in [0.5, 0.6) is 0 Å². The first-order chi connectivity index (χ1) is 12.0. The lowest BCUT2D eigenvalue weighted by molar-refractivity contribution is -0.151. The maximum Gasteiger partial charge on any atom is 0.416 e. The van der Waals surface area contributed by atoms with Gasteiger partial charge in [-0.2, -0.15) is 13.2 Å². The number of alkyl halides is 3. The van der Waals surface area contributed by atoms with E-state index in [1.165, 1.54) is 13.0 Å². The van der Waals surface area contributed by atoms with Gasteiger partial charge in [0.15, 0.2) is 0 Å². The van der Waals surface area contributed by atoms with Crippen molar-refractivity contribution in [3.63, 3.8) is 0 Å². The molecule has 1 saturated heterocycles. The Balaban J connectivity index is 1.54. The molecule has 1 aromatic carbocycles. The van der Waals surface area contributed by atoms with Crippen LogP contribution in [0.25, 0.3) is 0 Å². The molecular formula is C20H26F3NO2. The van der Waals surface area contributed by atoms with Crippen molar-refractivity contribution < 1.29 is 23.1 Å². The molecule has 0 unspecified atom stereocenters. The van der Waals surface area contributed by atoms with Crippen LogP contribution >= 0.6 is 0 Å². The highest BCUT2D eigenvalue weighted by molar-refractivity contribution is 5.80. The van der Waals surface area contributed by atoms with Crippen LogP contribution in [0.15, 0.2) is 18.2 Å². The highest BCUT2D eigenvalue weighted by atomic mass is 19.4. The smallest absolute Gasteiger partial charge is 0.390 e. The Bertz CT molecular complexity index is 668. The molecule has 6 heteroatoms. The van der Waals surface area contributed by atoms with Crippen LogP contribution in [-0.4, -0.2) is 34.6 Å². The van der Waals surface area contributed by atoms with E-state index in [0.717, 1.165) is 12.8 Å². The number of carbonyl (C=O) groups is 1. The van der Waals surface area contributed by atoms with E-state index in [-0.39, 0.29) is 17.4 Å². The number of likely N-dealkylation sites (tertiary alicyclic amines) is 1. The van der Waals surface area contributed by atoms with Crippen molar-refractivity contribution in [1.29, 1.82) is 0 Å². The lowest BCUT2D eigenvalue weighted by Crippen LogP contribution is -2.51. The highest BCUT2D eigenvalue weighted by Gasteiger charge is 2.44. The molecule has 1 saturated carbocycles. The highest BCUT2D eigenvalue weighted by Crippen LogP contribution is 2.39. The summed E-state index contributed by atoms with van der Waals surface area (Å²) in [7, 11) is 0. The standard InChI is InChI=1S/C20H26F3NO2/c1-13-3-4-15(10-17(13)20(21,22)23)9-14-5-7-24(8-6-14)18(25)16-11-19(2,26)12-16/h3-4,10,14,16,26H,5-9,11-12H2,1-2H3. The summed E-state index contributed by atoms with van der Waals surface area (Å²) in [4.78, 5) is 14.3. The zero-order chi connectivity index (χ0) is 19.1. The number of hydrogen-bond acceptors (Lipinski definition) is 2. The molecule has 1 heterocycles. The van der Waals surface area contributed by atoms with Gasteiger partial charge in [0.05, 0.1) is 11.2 Å². The normalized spacial score (nSPS) is 27.3. The van der Waals surface area contributed by atoms with Crippen molar-refractivity contribution >= 4 is 5.91 Å². The van der Waals surface area contributed by atoms with Gasteiger partial charge in [0.2, 0.25) is 5.91 Å². The minimum absolute atomic E-state index is 0.0759. The van der Waals surface area contributed by atoms with Crippen LogP contribution in [0, 0.1) is 18.8 Å². The van der Waals surface area contributed by atoms with Gasteiger partial charge in [0, 0.05) is 19.0 Å². The van der Waals surface area contributed by atoms with Crippen LogP contribution in [0.4, 0.5) is 13.2 Å². The molecule has 1 aromatic rings. The average molecular weight is 369 g/mol. The van der Waals surface area contributed by atoms with E-state index < -0.39 is 17.3 Å². The van der Waals surface area contributed by atoms with Gasteiger partial charge in [-0.15, -0.1) is 0 Å². The van der Waals surface area contributed by atoms with Crippen LogP contribution in [-0.2, 0) is 17.4 Å². The average Bonchev–Trinajstić information content (AvgIpc) is 2.53. The second-order valence-electron chi connectivity index (χ2n) is 8.22. The summed E-state index contributed by atoms with van der Waals surface area (Å²) in [6.45, 7) is 4.54. The Kier molecular flexibility index (Phi) is 5.08. The van der Waals surface area contributed by atoms with Crippen molar-refractivity contribution in [2.45, 2.75) is 57.7 Å². The molecule has 0 radical (unpaired) electrons. The second-order valence-corrected chi connectivity index (χ2v) is 8.22. The molecule has 1 aliphatic carbocycles. The van der Waals surface area contributed by atoms with E-state index in [2.05, 4.69) is 0 Å². The number of halogens is 3. The van der Waals surface area contributed by atoms with E-state index in [4.69, 9.17) is 0 Å². The summed E-state index contributed by atoms with van der Waals surface area (Å²) in [5, 5.41) is 9.79. The number of aliphatic hydroxyl groups is 1. The van der Waals surface area contributed by atoms with Gasteiger partial charge in [-0.3, -0.25) is 4.79 Å². The molecule has 144 valence electrons. The van der Waals surface area contributed by atoms with Gasteiger partial charge < -0.3 is 10.0 Å². The quantitative estimate of drug-likeness (QED) is 0.876. The Hall–Kier alpha value is -1.56. The fourth-order valence-electron chi connectivity index (χ4n) is 4.23. The van der Waals surface area contributed by atoms with E-state index in [1.54, 1.807) is 19.1 Å². The number of hydrogen-bond donors (Lipinski definition) is 1. The summed E-state index contributed by atoms with van der Waals surface area (Å²) in [6, 6.07) is 4.58. The number of nitrogens with zero attached hydrogens (tertiary/aromatic N) is 1. The minimum Gasteiger partial charge on any atom is -0.390 e. The van der Waals surface area contributed by atoms with Gasteiger partial charge in [-0.1, -0.05) is 12.1 Å². The first-order valence-corrected chi connectivity index (χ1v) is 9.23. The molecule has 0 bridgehead atoms. The summed E-state index contributed by atoms with van der Waals surface area (Å²) in [5.74, 6) is 0.338. The van der Waals surface area contributed by atoms with Gasteiger partial charge in [0.25, 0.3) is 0 Å². The summed E-state index contributed by atoms with van der Waals surface area (Å²) in [6.07, 6.45) is -1.04. The predicted molar refractivity (Wildman–Crippen MR) is 92.5 cm³/mol. The molecule has 2 fully saturated rings. The number of amides is 1. The van der Waals surface area contributed by atoms with Gasteiger partial charge in [-0.25, -0.2) is 0 Å². The third-order valence-corrected chi connectivity index (χ3v) is 5.78. The molecule has 26 heavy (non-hydrogen) atoms. The number of rotatable bonds is 3. The topological polar surface area (TPSA) is 40.5 Å². The Morgan fingerprint density at radius 3 is 2.42 bits per heavy atom. The SMILES string of the molecule is Cc1ccc(CC2CCN(C(=O)C3CC(C)(O)C3)CC2)cc1C(F)(F)F. The van der Waals surface area contributed by atoms with Crippen LogP contribution in [0.3, 0.4) is 0 Å². The maximum absolute atomic E-state index is 13.1.